The van der Waals surface area contributed by atoms with Gasteiger partial charge >= 0.3 is 0 Å². The monoisotopic (exact) mass is 434 g/mol. The van der Waals surface area contributed by atoms with E-state index in [1.807, 2.05) is 0 Å². The molecule has 0 fully saturated rings. The first kappa shape index (κ1) is 20.9. The van der Waals surface area contributed by atoms with Crippen LogP contribution in [0.4, 0.5) is 5.69 Å². The van der Waals surface area contributed by atoms with Gasteiger partial charge in [0.25, 0.3) is 15.9 Å². The van der Waals surface area contributed by atoms with E-state index in [0.29, 0.717) is 26.3 Å². The van der Waals surface area contributed by atoms with Gasteiger partial charge in [-0.1, -0.05) is 24.6 Å². The van der Waals surface area contributed by atoms with Gasteiger partial charge < -0.3 is 10.1 Å². The van der Waals surface area contributed by atoms with E-state index in [1.54, 1.807) is 49.4 Å². The Morgan fingerprint density at radius 2 is 1.86 bits per heavy atom. The molecule has 29 heavy (non-hydrogen) atoms. The summed E-state index contributed by atoms with van der Waals surface area (Å²) < 4.78 is 31.9. The van der Waals surface area contributed by atoms with Crippen molar-refractivity contribution >= 4 is 44.0 Å². The summed E-state index contributed by atoms with van der Waals surface area (Å²) in [5.74, 6) is -0.776. The molecule has 1 aliphatic rings. The molecule has 1 heterocycles. The Morgan fingerprint density at radius 1 is 1.17 bits per heavy atom. The molecular weight excluding hydrogens is 416 g/mol. The summed E-state index contributed by atoms with van der Waals surface area (Å²) >= 11 is 5.89. The van der Waals surface area contributed by atoms with Crippen LogP contribution in [0.15, 0.2) is 54.1 Å². The fourth-order valence-corrected chi connectivity index (χ4v) is 5.06. The van der Waals surface area contributed by atoms with Gasteiger partial charge in [0, 0.05) is 16.3 Å². The molecule has 0 aromatic heterocycles. The van der Waals surface area contributed by atoms with Gasteiger partial charge in [0.15, 0.2) is 0 Å². The molecule has 0 bridgehead atoms. The first-order chi connectivity index (χ1) is 13.8. The van der Waals surface area contributed by atoms with E-state index in [2.05, 4.69) is 5.32 Å². The average Bonchev–Trinajstić information content (AvgIpc) is 2.87. The lowest BCUT2D eigenvalue weighted by atomic mass is 10.1. The predicted molar refractivity (Wildman–Crippen MR) is 111 cm³/mol. The Morgan fingerprint density at radius 3 is 2.45 bits per heavy atom. The Balaban J connectivity index is 1.88. The molecule has 1 aliphatic heterocycles. The van der Waals surface area contributed by atoms with Crippen molar-refractivity contribution in [2.45, 2.75) is 13.3 Å². The summed E-state index contributed by atoms with van der Waals surface area (Å²) in [5.41, 5.74) is 0.921. The zero-order valence-electron chi connectivity index (χ0n) is 15.8. The second kappa shape index (κ2) is 8.26. The van der Waals surface area contributed by atoms with Crippen LogP contribution < -0.4 is 10.1 Å². The number of carbonyl (C=O) groups excluding carboxylic acids is 2. The summed E-state index contributed by atoms with van der Waals surface area (Å²) in [7, 11) is -2.67. The van der Waals surface area contributed by atoms with Crippen LogP contribution in [0.3, 0.4) is 0 Å². The number of ether oxygens (including phenoxy) is 1. The third kappa shape index (κ3) is 4.13. The molecule has 2 aromatic rings. The Hall–Kier alpha value is -2.84. The number of carbonyl (C=O) groups is 2. The van der Waals surface area contributed by atoms with Gasteiger partial charge in [0.1, 0.15) is 17.2 Å². The number of anilines is 1. The van der Waals surface area contributed by atoms with E-state index >= 15 is 0 Å². The zero-order valence-corrected chi connectivity index (χ0v) is 17.4. The lowest BCUT2D eigenvalue weighted by molar-refractivity contribution is -0.126. The van der Waals surface area contributed by atoms with E-state index < -0.39 is 28.4 Å². The van der Waals surface area contributed by atoms with Crippen molar-refractivity contribution in [1.29, 1.82) is 0 Å². The maximum absolute atomic E-state index is 13.1. The van der Waals surface area contributed by atoms with Crippen LogP contribution in [0.25, 0.3) is 4.91 Å². The van der Waals surface area contributed by atoms with Crippen LogP contribution in [0.2, 0.25) is 5.02 Å². The number of benzene rings is 2. The van der Waals surface area contributed by atoms with Gasteiger partial charge in [0.05, 0.1) is 7.11 Å². The SMILES string of the molecule is CCC1=C(c2ccc(OC)cc2)S(=O)(=O)N(CC(=O)Nc2cccc(Cl)c2)C1=O. The number of nitrogens with zero attached hydrogens (tertiary/aromatic N) is 1. The molecule has 0 saturated carbocycles. The highest BCUT2D eigenvalue weighted by Crippen LogP contribution is 2.37. The predicted octanol–water partition coefficient (Wildman–Crippen LogP) is 3.28. The molecule has 0 spiro atoms. The van der Waals surface area contributed by atoms with Crippen molar-refractivity contribution in [1.82, 2.24) is 4.31 Å². The molecular formula is C20H19ClN2O5S. The highest BCUT2D eigenvalue weighted by Gasteiger charge is 2.44. The second-order valence-corrected chi connectivity index (χ2v) is 8.50. The Bertz CT molecular complexity index is 1090. The van der Waals surface area contributed by atoms with Crippen molar-refractivity contribution in [3.05, 3.63) is 64.7 Å². The number of hydrogen-bond acceptors (Lipinski definition) is 5. The van der Waals surface area contributed by atoms with Gasteiger partial charge in [-0.3, -0.25) is 9.59 Å². The molecule has 7 nitrogen and oxygen atoms in total. The summed E-state index contributed by atoms with van der Waals surface area (Å²) in [6.07, 6.45) is 0.214. The number of rotatable bonds is 6. The zero-order chi connectivity index (χ0) is 21.2. The highest BCUT2D eigenvalue weighted by molar-refractivity contribution is 7.99. The van der Waals surface area contributed by atoms with Crippen LogP contribution in [-0.4, -0.2) is 38.2 Å². The number of methoxy groups -OCH3 is 1. The van der Waals surface area contributed by atoms with E-state index in [0.717, 1.165) is 0 Å². The summed E-state index contributed by atoms with van der Waals surface area (Å²) in [5, 5.41) is 2.97. The van der Waals surface area contributed by atoms with Gasteiger partial charge in [0.2, 0.25) is 5.91 Å². The third-order valence-corrected chi connectivity index (χ3v) is 6.52. The van der Waals surface area contributed by atoms with Crippen molar-refractivity contribution in [3.8, 4) is 5.75 Å². The molecule has 1 N–H and O–H groups in total. The molecule has 9 heteroatoms. The number of halogens is 1. The quantitative estimate of drug-likeness (QED) is 0.753. The third-order valence-electron chi connectivity index (χ3n) is 4.41. The molecule has 3 rings (SSSR count). The average molecular weight is 435 g/mol. The van der Waals surface area contributed by atoms with E-state index in [9.17, 15) is 18.0 Å². The second-order valence-electron chi connectivity index (χ2n) is 6.27. The van der Waals surface area contributed by atoms with Crippen LogP contribution in [-0.2, 0) is 19.6 Å². The van der Waals surface area contributed by atoms with E-state index in [4.69, 9.17) is 16.3 Å². The molecule has 0 saturated heterocycles. The number of hydrogen-bond donors (Lipinski definition) is 1. The Kier molecular flexibility index (Phi) is 5.95. The van der Waals surface area contributed by atoms with Crippen molar-refractivity contribution in [2.75, 3.05) is 19.0 Å². The fourth-order valence-electron chi connectivity index (χ4n) is 3.05. The minimum atomic E-state index is -4.17. The van der Waals surface area contributed by atoms with Crippen LogP contribution >= 0.6 is 11.6 Å². The van der Waals surface area contributed by atoms with Crippen LogP contribution in [0.5, 0.6) is 5.75 Å². The molecule has 2 aromatic carbocycles. The maximum Gasteiger partial charge on any atom is 0.268 e. The van der Waals surface area contributed by atoms with Crippen molar-refractivity contribution in [2.24, 2.45) is 0 Å². The highest BCUT2D eigenvalue weighted by atomic mass is 35.5. The van der Waals surface area contributed by atoms with Crippen molar-refractivity contribution in [3.63, 3.8) is 0 Å². The van der Waals surface area contributed by atoms with Gasteiger partial charge in [-0.2, -0.15) is 0 Å². The van der Waals surface area contributed by atoms with Gasteiger partial charge in [-0.25, -0.2) is 12.7 Å². The summed E-state index contributed by atoms with van der Waals surface area (Å²) in [4.78, 5) is 25.1. The largest absolute Gasteiger partial charge is 0.497 e. The molecule has 2 amide bonds. The summed E-state index contributed by atoms with van der Waals surface area (Å²) in [6.45, 7) is 1.07. The molecule has 0 unspecified atom stereocenters. The number of nitrogens with one attached hydrogen (secondary N) is 1. The van der Waals surface area contributed by atoms with Gasteiger partial charge in [-0.05, 0) is 54.4 Å². The smallest absolute Gasteiger partial charge is 0.268 e. The topological polar surface area (TPSA) is 92.8 Å². The lowest BCUT2D eigenvalue weighted by Crippen LogP contribution is -2.38. The standard InChI is InChI=1S/C20H19ClN2O5S/c1-3-17-19(13-7-9-16(28-2)10-8-13)29(26,27)23(20(17)25)12-18(24)22-15-6-4-5-14(21)11-15/h4-11H,3,12H2,1-2H3,(H,22,24). The first-order valence-electron chi connectivity index (χ1n) is 8.78. The van der Waals surface area contributed by atoms with Crippen molar-refractivity contribution < 1.29 is 22.7 Å². The molecule has 0 radical (unpaired) electrons. The molecule has 152 valence electrons. The van der Waals surface area contributed by atoms with E-state index in [1.165, 1.54) is 13.2 Å². The molecule has 0 atom stereocenters. The fraction of sp³-hybridized carbons (Fsp3) is 0.200. The molecule has 0 aliphatic carbocycles. The van der Waals surface area contributed by atoms with Gasteiger partial charge in [-0.15, -0.1) is 0 Å². The summed E-state index contributed by atoms with van der Waals surface area (Å²) in [6, 6.07) is 12.8. The van der Waals surface area contributed by atoms with Crippen LogP contribution in [0, 0.1) is 0 Å². The normalized spacial score (nSPS) is 15.6. The maximum atomic E-state index is 13.1. The van der Waals surface area contributed by atoms with E-state index in [-0.39, 0.29) is 16.9 Å². The lowest BCUT2D eigenvalue weighted by Gasteiger charge is -2.16. The number of amides is 2. The first-order valence-corrected chi connectivity index (χ1v) is 10.6. The minimum absolute atomic E-state index is 0.0804. The minimum Gasteiger partial charge on any atom is -0.497 e. The number of sulfonamides is 1. The van der Waals surface area contributed by atoms with Crippen LogP contribution in [0.1, 0.15) is 18.9 Å². The Labute approximate surface area is 174 Å².